The molecular weight excluding hydrogens is 362 g/mol. The van der Waals surface area contributed by atoms with Gasteiger partial charge in [0.2, 0.25) is 10.0 Å². The number of hydrogen-bond donors (Lipinski definition) is 0. The smallest absolute Gasteiger partial charge is 0.246 e. The largest absolute Gasteiger partial charge is 0.495 e. The maximum atomic E-state index is 13.2. The van der Waals surface area contributed by atoms with Gasteiger partial charge >= 0.3 is 0 Å². The molecule has 2 atom stereocenters. The van der Waals surface area contributed by atoms with E-state index in [-0.39, 0.29) is 35.9 Å². The van der Waals surface area contributed by atoms with Gasteiger partial charge in [0.05, 0.1) is 19.3 Å². The molecular formula is C18H20ClNO4S. The van der Waals surface area contributed by atoms with Crippen LogP contribution >= 0.6 is 11.6 Å². The number of nitrogens with zero attached hydrogens (tertiary/aromatic N) is 1. The molecule has 0 radical (unpaired) electrons. The second-order valence-electron chi connectivity index (χ2n) is 5.96. The third-order valence-electron chi connectivity index (χ3n) is 4.14. The molecule has 0 N–H and O–H groups in total. The molecule has 0 amide bonds. The number of sulfonamides is 1. The highest BCUT2D eigenvalue weighted by Gasteiger charge is 2.36. The van der Waals surface area contributed by atoms with Crippen molar-refractivity contribution in [3.8, 4) is 5.75 Å². The van der Waals surface area contributed by atoms with Crippen LogP contribution in [-0.4, -0.2) is 39.0 Å². The molecule has 0 bridgehead atoms. The van der Waals surface area contributed by atoms with Crippen molar-refractivity contribution in [2.24, 2.45) is 0 Å². The predicted molar refractivity (Wildman–Crippen MR) is 96.5 cm³/mol. The number of hydrogen-bond acceptors (Lipinski definition) is 4. The molecule has 0 spiro atoms. The Morgan fingerprint density at radius 2 is 1.88 bits per heavy atom. The van der Waals surface area contributed by atoms with Crippen LogP contribution in [0.15, 0.2) is 53.4 Å². The van der Waals surface area contributed by atoms with Crippen molar-refractivity contribution >= 4 is 21.6 Å². The number of halogens is 1. The van der Waals surface area contributed by atoms with Crippen molar-refractivity contribution in [3.05, 3.63) is 59.1 Å². The summed E-state index contributed by atoms with van der Waals surface area (Å²) in [6.07, 6.45) is -0.538. The summed E-state index contributed by atoms with van der Waals surface area (Å²) in [5.74, 6) is 0.278. The van der Waals surface area contributed by atoms with Crippen LogP contribution in [0.3, 0.4) is 0 Å². The fraction of sp³-hybridized carbons (Fsp3) is 0.333. The maximum Gasteiger partial charge on any atom is 0.246 e. The van der Waals surface area contributed by atoms with Crippen LogP contribution in [0, 0.1) is 0 Å². The topological polar surface area (TPSA) is 55.8 Å². The fourth-order valence-electron chi connectivity index (χ4n) is 2.95. The van der Waals surface area contributed by atoms with Crippen LogP contribution in [0.1, 0.15) is 18.6 Å². The number of ether oxygens (including phenoxy) is 2. The molecule has 2 aromatic carbocycles. The molecule has 1 aliphatic rings. The highest BCUT2D eigenvalue weighted by Crippen LogP contribution is 2.33. The van der Waals surface area contributed by atoms with E-state index in [1.807, 2.05) is 37.3 Å². The molecule has 1 saturated heterocycles. The van der Waals surface area contributed by atoms with Gasteiger partial charge in [-0.25, -0.2) is 8.42 Å². The van der Waals surface area contributed by atoms with Crippen LogP contribution in [-0.2, 0) is 14.8 Å². The minimum Gasteiger partial charge on any atom is -0.495 e. The monoisotopic (exact) mass is 381 g/mol. The first-order chi connectivity index (χ1) is 11.9. The van der Waals surface area contributed by atoms with Gasteiger partial charge in [0.1, 0.15) is 10.6 Å². The Balaban J connectivity index is 1.95. The average molecular weight is 382 g/mol. The minimum absolute atomic E-state index is 0.0726. The lowest BCUT2D eigenvalue weighted by molar-refractivity contribution is -0.0557. The Morgan fingerprint density at radius 1 is 1.16 bits per heavy atom. The van der Waals surface area contributed by atoms with Crippen LogP contribution in [0.2, 0.25) is 5.02 Å². The molecule has 0 aliphatic carbocycles. The molecule has 134 valence electrons. The lowest BCUT2D eigenvalue weighted by atomic mass is 10.1. The van der Waals surface area contributed by atoms with Crippen molar-refractivity contribution in [2.75, 3.05) is 20.2 Å². The molecule has 3 rings (SSSR count). The first-order valence-corrected chi connectivity index (χ1v) is 9.77. The Labute approximate surface area is 153 Å². The van der Waals surface area contributed by atoms with Crippen LogP contribution in [0.4, 0.5) is 0 Å². The van der Waals surface area contributed by atoms with E-state index < -0.39 is 10.0 Å². The summed E-state index contributed by atoms with van der Waals surface area (Å²) in [6, 6.07) is 14.2. The zero-order valence-electron chi connectivity index (χ0n) is 14.1. The maximum absolute atomic E-state index is 13.2. The molecule has 5 nitrogen and oxygen atoms in total. The van der Waals surface area contributed by atoms with Crippen molar-refractivity contribution < 1.29 is 17.9 Å². The third kappa shape index (κ3) is 3.82. The first-order valence-electron chi connectivity index (χ1n) is 7.96. The number of morpholine rings is 1. The van der Waals surface area contributed by atoms with E-state index in [4.69, 9.17) is 21.1 Å². The summed E-state index contributed by atoms with van der Waals surface area (Å²) in [4.78, 5) is 0.0726. The average Bonchev–Trinajstić information content (AvgIpc) is 2.62. The van der Waals surface area contributed by atoms with Crippen LogP contribution in [0.25, 0.3) is 0 Å². The molecule has 25 heavy (non-hydrogen) atoms. The molecule has 0 saturated carbocycles. The number of methoxy groups -OCH3 is 1. The molecule has 0 aromatic heterocycles. The van der Waals surface area contributed by atoms with E-state index in [0.717, 1.165) is 5.56 Å². The van der Waals surface area contributed by atoms with Gasteiger partial charge < -0.3 is 9.47 Å². The molecule has 1 fully saturated rings. The van der Waals surface area contributed by atoms with E-state index >= 15 is 0 Å². The number of benzene rings is 2. The van der Waals surface area contributed by atoms with E-state index in [1.165, 1.54) is 17.5 Å². The van der Waals surface area contributed by atoms with E-state index in [0.29, 0.717) is 5.02 Å². The summed E-state index contributed by atoms with van der Waals surface area (Å²) in [5, 5.41) is 0.347. The van der Waals surface area contributed by atoms with Gasteiger partial charge in [-0.1, -0.05) is 41.9 Å². The van der Waals surface area contributed by atoms with Gasteiger partial charge in [0, 0.05) is 18.1 Å². The summed E-state index contributed by atoms with van der Waals surface area (Å²) >= 11 is 6.01. The Bertz CT molecular complexity index is 841. The van der Waals surface area contributed by atoms with Crippen LogP contribution in [0.5, 0.6) is 5.75 Å². The van der Waals surface area contributed by atoms with Gasteiger partial charge in [0.25, 0.3) is 0 Å². The van der Waals surface area contributed by atoms with E-state index in [9.17, 15) is 8.42 Å². The molecule has 2 aromatic rings. The first kappa shape index (κ1) is 18.2. The van der Waals surface area contributed by atoms with Crippen molar-refractivity contribution in [1.29, 1.82) is 0 Å². The standard InChI is InChI=1S/C18H20ClNO4S/c1-13-11-20(12-17(24-13)14-6-4-3-5-7-14)25(21,22)18-10-15(19)8-9-16(18)23-2/h3-10,13,17H,11-12H2,1-2H3. The minimum atomic E-state index is -3.76. The zero-order valence-corrected chi connectivity index (χ0v) is 15.6. The second-order valence-corrected chi connectivity index (χ2v) is 8.31. The van der Waals surface area contributed by atoms with Crippen LogP contribution < -0.4 is 4.74 Å². The highest BCUT2D eigenvalue weighted by molar-refractivity contribution is 7.89. The fourth-order valence-corrected chi connectivity index (χ4v) is 4.89. The Morgan fingerprint density at radius 3 is 2.56 bits per heavy atom. The zero-order chi connectivity index (χ0) is 18.0. The predicted octanol–water partition coefficient (Wildman–Crippen LogP) is 3.50. The van der Waals surface area contributed by atoms with E-state index in [1.54, 1.807) is 12.1 Å². The normalized spacial score (nSPS) is 21.9. The molecule has 2 unspecified atom stereocenters. The molecule has 7 heteroatoms. The Hall–Kier alpha value is -1.60. The van der Waals surface area contributed by atoms with Crippen molar-refractivity contribution in [3.63, 3.8) is 0 Å². The lowest BCUT2D eigenvalue weighted by Crippen LogP contribution is -2.45. The highest BCUT2D eigenvalue weighted by atomic mass is 35.5. The second kappa shape index (κ2) is 7.33. The molecule has 1 aliphatic heterocycles. The van der Waals surface area contributed by atoms with Gasteiger partial charge in [-0.2, -0.15) is 4.31 Å². The quantitative estimate of drug-likeness (QED) is 0.813. The Kier molecular flexibility index (Phi) is 5.34. The van der Waals surface area contributed by atoms with Gasteiger partial charge in [0.15, 0.2) is 0 Å². The molecule has 1 heterocycles. The lowest BCUT2D eigenvalue weighted by Gasteiger charge is -2.36. The summed E-state index contributed by atoms with van der Waals surface area (Å²) in [7, 11) is -2.32. The third-order valence-corrected chi connectivity index (χ3v) is 6.23. The summed E-state index contributed by atoms with van der Waals surface area (Å²) in [6.45, 7) is 2.39. The summed E-state index contributed by atoms with van der Waals surface area (Å²) in [5.41, 5.74) is 0.951. The van der Waals surface area contributed by atoms with Crippen molar-refractivity contribution in [1.82, 2.24) is 4.31 Å². The summed E-state index contributed by atoms with van der Waals surface area (Å²) < 4.78 is 39.0. The van der Waals surface area contributed by atoms with Gasteiger partial charge in [-0.05, 0) is 30.7 Å². The van der Waals surface area contributed by atoms with E-state index in [2.05, 4.69) is 0 Å². The van der Waals surface area contributed by atoms with Gasteiger partial charge in [-0.3, -0.25) is 0 Å². The number of rotatable bonds is 4. The van der Waals surface area contributed by atoms with Gasteiger partial charge in [-0.15, -0.1) is 0 Å². The van der Waals surface area contributed by atoms with Crippen molar-refractivity contribution in [2.45, 2.75) is 24.0 Å². The SMILES string of the molecule is COc1ccc(Cl)cc1S(=O)(=O)N1CC(C)OC(c2ccccc2)C1.